The van der Waals surface area contributed by atoms with Crippen molar-refractivity contribution < 1.29 is 9.90 Å². The van der Waals surface area contributed by atoms with E-state index in [1.165, 1.54) is 6.42 Å². The molecule has 0 aromatic heterocycles. The van der Waals surface area contributed by atoms with E-state index in [0.29, 0.717) is 0 Å². The van der Waals surface area contributed by atoms with Gasteiger partial charge in [0.05, 0.1) is 0 Å². The van der Waals surface area contributed by atoms with Gasteiger partial charge in [0.2, 0.25) is 0 Å². The molecule has 12 heavy (non-hydrogen) atoms. The average molecular weight is 169 g/mol. The average Bonchev–Trinajstić information content (AvgIpc) is 2.33. The fourth-order valence-corrected chi connectivity index (χ4v) is 2.37. The summed E-state index contributed by atoms with van der Waals surface area (Å²) < 4.78 is 0. The first kappa shape index (κ1) is 8.05. The van der Waals surface area contributed by atoms with Gasteiger partial charge in [0.25, 0.3) is 0 Å². The third-order valence-electron chi connectivity index (χ3n) is 3.29. The molecule has 0 unspecified atom stereocenters. The normalized spacial score (nSPS) is 28.3. The van der Waals surface area contributed by atoms with E-state index in [-0.39, 0.29) is 0 Å². The molecule has 1 saturated carbocycles. The monoisotopic (exact) mass is 169 g/mol. The molecule has 1 saturated heterocycles. The largest absolute Gasteiger partial charge is 0.480 e. The van der Waals surface area contributed by atoms with E-state index < -0.39 is 11.5 Å². The van der Waals surface area contributed by atoms with Gasteiger partial charge in [0.15, 0.2) is 0 Å². The Morgan fingerprint density at radius 1 is 1.17 bits per heavy atom. The lowest BCUT2D eigenvalue weighted by Crippen LogP contribution is -2.58. The minimum atomic E-state index is -0.598. The molecule has 2 fully saturated rings. The van der Waals surface area contributed by atoms with Crippen LogP contribution in [-0.4, -0.2) is 34.6 Å². The Balaban J connectivity index is 2.14. The summed E-state index contributed by atoms with van der Waals surface area (Å²) in [6.45, 7) is 1.98. The van der Waals surface area contributed by atoms with Crippen LogP contribution in [0.15, 0.2) is 0 Å². The van der Waals surface area contributed by atoms with E-state index >= 15 is 0 Å². The molecule has 0 aromatic rings. The minimum absolute atomic E-state index is 0.460. The van der Waals surface area contributed by atoms with Crippen LogP contribution in [0.25, 0.3) is 0 Å². The van der Waals surface area contributed by atoms with Gasteiger partial charge in [-0.1, -0.05) is 12.8 Å². The maximum atomic E-state index is 11.1. The predicted octanol–water partition coefficient (Wildman–Crippen LogP) is 1.09. The molecule has 2 rings (SSSR count). The SMILES string of the molecule is O=C(O)C1(N2CCC2)CCCC1. The number of carboxylic acid groups (broad SMARTS) is 1. The number of carboxylic acids is 1. The summed E-state index contributed by atoms with van der Waals surface area (Å²) in [5.41, 5.74) is -0.460. The van der Waals surface area contributed by atoms with Crippen molar-refractivity contribution >= 4 is 5.97 Å². The topological polar surface area (TPSA) is 40.5 Å². The van der Waals surface area contributed by atoms with Crippen LogP contribution < -0.4 is 0 Å². The molecule has 68 valence electrons. The van der Waals surface area contributed by atoms with E-state index in [0.717, 1.165) is 38.8 Å². The van der Waals surface area contributed by atoms with E-state index in [9.17, 15) is 4.79 Å². The number of aliphatic carboxylic acids is 1. The lowest BCUT2D eigenvalue weighted by molar-refractivity contribution is -0.154. The van der Waals surface area contributed by atoms with Crippen molar-refractivity contribution in [1.29, 1.82) is 0 Å². The molecular formula is C9H15NO2. The van der Waals surface area contributed by atoms with Crippen LogP contribution in [0.3, 0.4) is 0 Å². The number of rotatable bonds is 2. The first-order chi connectivity index (χ1) is 5.76. The van der Waals surface area contributed by atoms with Gasteiger partial charge < -0.3 is 5.11 Å². The predicted molar refractivity (Wildman–Crippen MR) is 45.0 cm³/mol. The van der Waals surface area contributed by atoms with Crippen molar-refractivity contribution in [2.24, 2.45) is 0 Å². The standard InChI is InChI=1S/C9H15NO2/c11-8(12)9(4-1-2-5-9)10-6-3-7-10/h1-7H2,(H,11,12). The summed E-state index contributed by atoms with van der Waals surface area (Å²) in [6.07, 6.45) is 5.07. The van der Waals surface area contributed by atoms with Crippen molar-refractivity contribution in [2.45, 2.75) is 37.6 Å². The second kappa shape index (κ2) is 2.73. The molecule has 0 atom stereocenters. The smallest absolute Gasteiger partial charge is 0.324 e. The Morgan fingerprint density at radius 2 is 1.75 bits per heavy atom. The zero-order chi connectivity index (χ0) is 8.60. The highest BCUT2D eigenvalue weighted by atomic mass is 16.4. The van der Waals surface area contributed by atoms with Gasteiger partial charge in [0, 0.05) is 13.1 Å². The molecule has 3 nitrogen and oxygen atoms in total. The molecular weight excluding hydrogens is 154 g/mol. The highest BCUT2D eigenvalue weighted by Crippen LogP contribution is 2.38. The van der Waals surface area contributed by atoms with Crippen molar-refractivity contribution in [3.63, 3.8) is 0 Å². The second-order valence-electron chi connectivity index (χ2n) is 3.88. The van der Waals surface area contributed by atoms with Crippen LogP contribution in [0.4, 0.5) is 0 Å². The summed E-state index contributed by atoms with van der Waals surface area (Å²) in [6, 6.07) is 0. The summed E-state index contributed by atoms with van der Waals surface area (Å²) in [4.78, 5) is 13.3. The molecule has 0 aromatic carbocycles. The molecule has 0 spiro atoms. The molecule has 3 heteroatoms. The first-order valence-corrected chi connectivity index (χ1v) is 4.74. The maximum absolute atomic E-state index is 11.1. The van der Waals surface area contributed by atoms with Gasteiger partial charge in [-0.25, -0.2) is 0 Å². The molecule has 2 aliphatic rings. The van der Waals surface area contributed by atoms with Crippen LogP contribution in [-0.2, 0) is 4.79 Å². The quantitative estimate of drug-likeness (QED) is 0.672. The molecule has 1 aliphatic heterocycles. The molecule has 1 heterocycles. The molecule has 0 bridgehead atoms. The van der Waals surface area contributed by atoms with Crippen LogP contribution >= 0.6 is 0 Å². The summed E-state index contributed by atoms with van der Waals surface area (Å²) in [7, 11) is 0. The number of nitrogens with zero attached hydrogens (tertiary/aromatic N) is 1. The Morgan fingerprint density at radius 3 is 2.08 bits per heavy atom. The Hall–Kier alpha value is -0.570. The van der Waals surface area contributed by atoms with Gasteiger partial charge in [-0.2, -0.15) is 0 Å². The van der Waals surface area contributed by atoms with E-state index in [1.807, 2.05) is 0 Å². The lowest BCUT2D eigenvalue weighted by Gasteiger charge is -2.43. The molecule has 1 aliphatic carbocycles. The molecule has 1 N–H and O–H groups in total. The Labute approximate surface area is 72.4 Å². The van der Waals surface area contributed by atoms with Gasteiger partial charge in [-0.15, -0.1) is 0 Å². The van der Waals surface area contributed by atoms with Gasteiger partial charge in [-0.05, 0) is 19.3 Å². The maximum Gasteiger partial charge on any atom is 0.324 e. The third-order valence-corrected chi connectivity index (χ3v) is 3.29. The second-order valence-corrected chi connectivity index (χ2v) is 3.88. The van der Waals surface area contributed by atoms with Crippen molar-refractivity contribution in [1.82, 2.24) is 4.90 Å². The lowest BCUT2D eigenvalue weighted by atomic mass is 9.92. The fourth-order valence-electron chi connectivity index (χ4n) is 2.37. The summed E-state index contributed by atoms with van der Waals surface area (Å²) in [5.74, 6) is -0.598. The summed E-state index contributed by atoms with van der Waals surface area (Å²) in [5, 5.41) is 9.16. The third kappa shape index (κ3) is 0.959. The van der Waals surface area contributed by atoms with Gasteiger partial charge in [0.1, 0.15) is 5.54 Å². The van der Waals surface area contributed by atoms with Crippen LogP contribution in [0.5, 0.6) is 0 Å². The number of hydrogen-bond donors (Lipinski definition) is 1. The van der Waals surface area contributed by atoms with Crippen LogP contribution in [0.1, 0.15) is 32.1 Å². The minimum Gasteiger partial charge on any atom is -0.480 e. The van der Waals surface area contributed by atoms with Crippen molar-refractivity contribution in [3.05, 3.63) is 0 Å². The fraction of sp³-hybridized carbons (Fsp3) is 0.889. The van der Waals surface area contributed by atoms with E-state index in [2.05, 4.69) is 4.90 Å². The highest BCUT2D eigenvalue weighted by Gasteiger charge is 2.47. The zero-order valence-electron chi connectivity index (χ0n) is 7.25. The van der Waals surface area contributed by atoms with Crippen molar-refractivity contribution in [2.75, 3.05) is 13.1 Å². The van der Waals surface area contributed by atoms with Crippen LogP contribution in [0, 0.1) is 0 Å². The number of carbonyl (C=O) groups is 1. The zero-order valence-corrected chi connectivity index (χ0v) is 7.25. The van der Waals surface area contributed by atoms with Crippen molar-refractivity contribution in [3.8, 4) is 0 Å². The van der Waals surface area contributed by atoms with E-state index in [4.69, 9.17) is 5.11 Å². The number of likely N-dealkylation sites (tertiary alicyclic amines) is 1. The first-order valence-electron chi connectivity index (χ1n) is 4.74. The van der Waals surface area contributed by atoms with Gasteiger partial charge in [-0.3, -0.25) is 9.69 Å². The number of hydrogen-bond acceptors (Lipinski definition) is 2. The molecule has 0 amide bonds. The van der Waals surface area contributed by atoms with Crippen LogP contribution in [0.2, 0.25) is 0 Å². The highest BCUT2D eigenvalue weighted by molar-refractivity contribution is 5.79. The Bertz CT molecular complexity index is 193. The molecule has 0 radical (unpaired) electrons. The van der Waals surface area contributed by atoms with Gasteiger partial charge >= 0.3 is 5.97 Å². The van der Waals surface area contributed by atoms with E-state index in [1.54, 1.807) is 0 Å². The summed E-state index contributed by atoms with van der Waals surface area (Å²) >= 11 is 0. The Kier molecular flexibility index (Phi) is 1.83.